The number of hydrogen-bond donors (Lipinski definition) is 2. The normalized spacial score (nSPS) is 9.92. The second-order valence-electron chi connectivity index (χ2n) is 5.35. The molecule has 25 heavy (non-hydrogen) atoms. The van der Waals surface area contributed by atoms with Crippen molar-refractivity contribution in [1.82, 2.24) is 15.0 Å². The van der Waals surface area contributed by atoms with Crippen LogP contribution in [-0.2, 0) is 0 Å². The number of nitrogens with zero attached hydrogens (tertiary/aromatic N) is 3. The molecule has 0 bridgehead atoms. The second kappa shape index (κ2) is 7.18. The van der Waals surface area contributed by atoms with Crippen LogP contribution in [0.25, 0.3) is 21.9 Å². The number of aromatic nitrogens is 3. The zero-order valence-electron chi connectivity index (χ0n) is 13.4. The van der Waals surface area contributed by atoms with E-state index in [4.69, 9.17) is 0 Å². The first-order valence-corrected chi connectivity index (χ1v) is 7.26. The quantitative estimate of drug-likeness (QED) is 0.573. The van der Waals surface area contributed by atoms with Gasteiger partial charge in [-0.2, -0.15) is 5.26 Å². The molecule has 0 atom stereocenters. The third-order valence-electron chi connectivity index (χ3n) is 3.81. The van der Waals surface area contributed by atoms with Crippen LogP contribution in [0.2, 0.25) is 0 Å². The number of nitrogens with one attached hydrogen (secondary N) is 2. The average molecular weight is 354 g/mol. The average Bonchev–Trinajstić information content (AvgIpc) is 3.03. The first-order chi connectivity index (χ1) is 11.3. The number of rotatable bonds is 2. The molecular formula is C18H16ClN5O. The second-order valence-corrected chi connectivity index (χ2v) is 5.35. The van der Waals surface area contributed by atoms with Crippen molar-refractivity contribution in [2.75, 3.05) is 5.32 Å². The van der Waals surface area contributed by atoms with Crippen molar-refractivity contribution in [3.8, 4) is 6.07 Å². The van der Waals surface area contributed by atoms with E-state index in [-0.39, 0.29) is 17.9 Å². The fourth-order valence-corrected chi connectivity index (χ4v) is 2.80. The molecule has 0 fully saturated rings. The van der Waals surface area contributed by atoms with E-state index < -0.39 is 0 Å². The number of hydrogen-bond acceptors (Lipinski definition) is 4. The van der Waals surface area contributed by atoms with Gasteiger partial charge in [-0.05, 0) is 37.3 Å². The van der Waals surface area contributed by atoms with E-state index in [0.717, 1.165) is 39.0 Å². The van der Waals surface area contributed by atoms with E-state index in [2.05, 4.69) is 26.3 Å². The van der Waals surface area contributed by atoms with E-state index in [0.29, 0.717) is 5.56 Å². The Morgan fingerprint density at radius 3 is 2.64 bits per heavy atom. The fraction of sp³-hybridized carbons (Fsp3) is 0.0556. The summed E-state index contributed by atoms with van der Waals surface area (Å²) in [6, 6.07) is 15.6. The van der Waals surface area contributed by atoms with Gasteiger partial charge in [0.05, 0.1) is 39.8 Å². The standard InChI is InChI=1S/C18H13N5.ClH.H2O/c1-11-8-16(23-13-5-3-2-4-12(13)9-19)17-14(22-11)6-7-15-18(17)21-10-20-15;;/h2-8,10H,1H3,(H,20,21)(H,22,23);1H;1H2. The Morgan fingerprint density at radius 1 is 1.08 bits per heavy atom. The number of halogens is 1. The summed E-state index contributed by atoms with van der Waals surface area (Å²) in [5, 5.41) is 13.6. The molecule has 4 N–H and O–H groups in total. The van der Waals surface area contributed by atoms with E-state index in [1.54, 1.807) is 12.4 Å². The van der Waals surface area contributed by atoms with E-state index in [1.165, 1.54) is 0 Å². The molecule has 0 amide bonds. The van der Waals surface area contributed by atoms with Gasteiger partial charge in [0.25, 0.3) is 0 Å². The largest absolute Gasteiger partial charge is 0.412 e. The van der Waals surface area contributed by atoms with Crippen molar-refractivity contribution in [2.45, 2.75) is 6.92 Å². The molecule has 4 aromatic rings. The Morgan fingerprint density at radius 2 is 1.84 bits per heavy atom. The lowest BCUT2D eigenvalue weighted by atomic mass is 10.1. The van der Waals surface area contributed by atoms with Crippen LogP contribution in [-0.4, -0.2) is 20.4 Å². The first-order valence-electron chi connectivity index (χ1n) is 7.26. The number of nitriles is 1. The number of anilines is 2. The van der Waals surface area contributed by atoms with Gasteiger partial charge in [-0.25, -0.2) is 4.98 Å². The molecule has 0 aliphatic carbocycles. The maximum absolute atomic E-state index is 9.28. The zero-order chi connectivity index (χ0) is 15.8. The van der Waals surface area contributed by atoms with Gasteiger partial charge < -0.3 is 15.8 Å². The molecule has 0 radical (unpaired) electrons. The molecule has 0 aliphatic heterocycles. The molecule has 0 unspecified atom stereocenters. The van der Waals surface area contributed by atoms with Crippen molar-refractivity contribution >= 4 is 45.7 Å². The summed E-state index contributed by atoms with van der Waals surface area (Å²) in [6.07, 6.45) is 1.68. The SMILES string of the molecule is Cc1cc(Nc2ccccc2C#N)c2c(ccc3nc[nH]c32)n1.Cl.O. The van der Waals surface area contributed by atoms with Crippen LogP contribution >= 0.6 is 12.4 Å². The van der Waals surface area contributed by atoms with Crippen LogP contribution in [0.4, 0.5) is 11.4 Å². The number of para-hydroxylation sites is 1. The highest BCUT2D eigenvalue weighted by Gasteiger charge is 2.11. The maximum Gasteiger partial charge on any atom is 0.101 e. The van der Waals surface area contributed by atoms with Crippen molar-refractivity contribution in [3.63, 3.8) is 0 Å². The topological polar surface area (TPSA) is 109 Å². The Bertz CT molecular complexity index is 1080. The minimum Gasteiger partial charge on any atom is -0.412 e. The molecule has 0 spiro atoms. The van der Waals surface area contributed by atoms with Gasteiger partial charge >= 0.3 is 0 Å². The minimum atomic E-state index is 0. The summed E-state index contributed by atoms with van der Waals surface area (Å²) in [4.78, 5) is 12.1. The summed E-state index contributed by atoms with van der Waals surface area (Å²) >= 11 is 0. The van der Waals surface area contributed by atoms with Crippen LogP contribution in [0.15, 0.2) is 48.8 Å². The predicted molar refractivity (Wildman–Crippen MR) is 101 cm³/mol. The summed E-state index contributed by atoms with van der Waals surface area (Å²) in [5.41, 5.74) is 5.91. The Hall–Kier alpha value is -3.14. The van der Waals surface area contributed by atoms with Gasteiger partial charge in [-0.15, -0.1) is 12.4 Å². The van der Waals surface area contributed by atoms with Crippen LogP contribution in [0.1, 0.15) is 11.3 Å². The number of pyridine rings is 1. The molecule has 0 saturated carbocycles. The van der Waals surface area contributed by atoms with Gasteiger partial charge in [0.2, 0.25) is 0 Å². The minimum absolute atomic E-state index is 0. The Labute approximate surface area is 150 Å². The lowest BCUT2D eigenvalue weighted by Crippen LogP contribution is -1.97. The Kier molecular flexibility index (Phi) is 5.22. The highest BCUT2D eigenvalue weighted by atomic mass is 35.5. The number of fused-ring (bicyclic) bond motifs is 3. The smallest absolute Gasteiger partial charge is 0.101 e. The molecule has 2 heterocycles. The Balaban J connectivity index is 0.00000113. The molecule has 6 nitrogen and oxygen atoms in total. The van der Waals surface area contributed by atoms with Crippen LogP contribution in [0.5, 0.6) is 0 Å². The van der Waals surface area contributed by atoms with E-state index in [9.17, 15) is 5.26 Å². The molecule has 126 valence electrons. The zero-order valence-corrected chi connectivity index (χ0v) is 14.2. The van der Waals surface area contributed by atoms with E-state index >= 15 is 0 Å². The van der Waals surface area contributed by atoms with Gasteiger partial charge in [-0.3, -0.25) is 4.98 Å². The fourth-order valence-electron chi connectivity index (χ4n) is 2.80. The highest BCUT2D eigenvalue weighted by Crippen LogP contribution is 2.32. The lowest BCUT2D eigenvalue weighted by Gasteiger charge is -2.12. The summed E-state index contributed by atoms with van der Waals surface area (Å²) in [5.74, 6) is 0. The highest BCUT2D eigenvalue weighted by molar-refractivity contribution is 6.10. The van der Waals surface area contributed by atoms with E-state index in [1.807, 2.05) is 43.3 Å². The lowest BCUT2D eigenvalue weighted by molar-refractivity contribution is 0.824. The summed E-state index contributed by atoms with van der Waals surface area (Å²) in [6.45, 7) is 1.96. The van der Waals surface area contributed by atoms with Gasteiger partial charge in [0.15, 0.2) is 0 Å². The van der Waals surface area contributed by atoms with Gasteiger partial charge in [-0.1, -0.05) is 12.1 Å². The van der Waals surface area contributed by atoms with Crippen molar-refractivity contribution < 1.29 is 5.48 Å². The third-order valence-corrected chi connectivity index (χ3v) is 3.81. The first kappa shape index (κ1) is 18.2. The molecule has 2 aromatic carbocycles. The number of aryl methyl sites for hydroxylation is 1. The van der Waals surface area contributed by atoms with Crippen LogP contribution in [0.3, 0.4) is 0 Å². The molecule has 7 heteroatoms. The van der Waals surface area contributed by atoms with Crippen molar-refractivity contribution in [3.05, 3.63) is 60.0 Å². The number of aromatic amines is 1. The molecule has 0 saturated heterocycles. The molecule has 0 aliphatic rings. The van der Waals surface area contributed by atoms with Crippen LogP contribution in [0, 0.1) is 18.3 Å². The molecule has 4 rings (SSSR count). The monoisotopic (exact) mass is 353 g/mol. The van der Waals surface area contributed by atoms with Crippen LogP contribution < -0.4 is 5.32 Å². The number of H-pyrrole nitrogens is 1. The number of benzene rings is 2. The molecule has 2 aromatic heterocycles. The summed E-state index contributed by atoms with van der Waals surface area (Å²) in [7, 11) is 0. The maximum atomic E-state index is 9.28. The van der Waals surface area contributed by atoms with Crippen molar-refractivity contribution in [1.29, 1.82) is 5.26 Å². The predicted octanol–water partition coefficient (Wildman–Crippen LogP) is 3.63. The number of imidazole rings is 1. The van der Waals surface area contributed by atoms with Gasteiger partial charge in [0, 0.05) is 11.1 Å². The van der Waals surface area contributed by atoms with Crippen molar-refractivity contribution in [2.24, 2.45) is 0 Å². The third kappa shape index (κ3) is 3.11. The molecular weight excluding hydrogens is 338 g/mol. The van der Waals surface area contributed by atoms with Gasteiger partial charge in [0.1, 0.15) is 6.07 Å². The summed E-state index contributed by atoms with van der Waals surface area (Å²) < 4.78 is 0.